The SMILES string of the molecule is O=c1c2ccccc2nc(-c2cc3cc(Cl)ccc3o2)n1N=Cc1cc(Br)ccc1OCc1cccc2ccccc12. The molecule has 8 heteroatoms. The lowest BCUT2D eigenvalue weighted by Crippen LogP contribution is -2.20. The number of para-hydroxylation sites is 1. The smallest absolute Gasteiger partial charge is 0.282 e. The third kappa shape index (κ3) is 4.98. The maximum absolute atomic E-state index is 13.7. The lowest BCUT2D eigenvalue weighted by Gasteiger charge is -2.12. The molecule has 7 rings (SSSR count). The molecule has 42 heavy (non-hydrogen) atoms. The summed E-state index contributed by atoms with van der Waals surface area (Å²) in [4.78, 5) is 18.5. The molecule has 0 spiro atoms. The highest BCUT2D eigenvalue weighted by atomic mass is 79.9. The topological polar surface area (TPSA) is 69.6 Å². The number of halogens is 2. The number of furan rings is 1. The molecule has 2 heterocycles. The molecule has 0 saturated heterocycles. The van der Waals surface area contributed by atoms with E-state index in [-0.39, 0.29) is 11.4 Å². The molecular formula is C34H21BrClN3O3. The molecule has 0 bridgehead atoms. The van der Waals surface area contributed by atoms with E-state index in [0.29, 0.717) is 45.2 Å². The van der Waals surface area contributed by atoms with E-state index in [4.69, 9.17) is 25.7 Å². The van der Waals surface area contributed by atoms with E-state index in [0.717, 1.165) is 26.2 Å². The minimum atomic E-state index is -0.321. The Kier molecular flexibility index (Phi) is 6.82. The van der Waals surface area contributed by atoms with Crippen molar-refractivity contribution in [2.24, 2.45) is 5.10 Å². The van der Waals surface area contributed by atoms with Gasteiger partial charge >= 0.3 is 0 Å². The Labute approximate surface area is 253 Å². The van der Waals surface area contributed by atoms with E-state index >= 15 is 0 Å². The molecule has 0 amide bonds. The number of ether oxygens (including phenoxy) is 1. The zero-order valence-electron chi connectivity index (χ0n) is 22.0. The summed E-state index contributed by atoms with van der Waals surface area (Å²) in [7, 11) is 0. The lowest BCUT2D eigenvalue weighted by molar-refractivity contribution is 0.307. The summed E-state index contributed by atoms with van der Waals surface area (Å²) >= 11 is 9.75. The largest absolute Gasteiger partial charge is 0.488 e. The molecule has 0 aliphatic rings. The standard InChI is InChI=1S/C34H21BrClN3O3/c35-25-12-14-30(41-20-22-8-5-7-21-6-1-2-9-27(21)22)24(16-25)19-37-39-33(38-29-11-4-3-10-28(29)34(39)40)32-18-23-17-26(36)13-15-31(23)42-32/h1-19H,20H2. The zero-order valence-corrected chi connectivity index (χ0v) is 24.3. The first-order chi connectivity index (χ1) is 20.5. The van der Waals surface area contributed by atoms with Crippen molar-refractivity contribution in [1.29, 1.82) is 0 Å². The van der Waals surface area contributed by atoms with Gasteiger partial charge in [-0.2, -0.15) is 9.78 Å². The molecular weight excluding hydrogens is 614 g/mol. The molecule has 0 radical (unpaired) electrons. The van der Waals surface area contributed by atoms with E-state index < -0.39 is 0 Å². The summed E-state index contributed by atoms with van der Waals surface area (Å²) in [5.74, 6) is 1.29. The third-order valence-electron chi connectivity index (χ3n) is 7.00. The van der Waals surface area contributed by atoms with Crippen LogP contribution in [0.15, 0.2) is 128 Å². The second-order valence-corrected chi connectivity index (χ2v) is 11.1. The average molecular weight is 635 g/mol. The summed E-state index contributed by atoms with van der Waals surface area (Å²) in [5.41, 5.74) is 2.61. The Balaban J connectivity index is 1.30. The number of nitrogens with zero attached hydrogens (tertiary/aromatic N) is 3. The fourth-order valence-electron chi connectivity index (χ4n) is 4.96. The maximum Gasteiger partial charge on any atom is 0.282 e. The van der Waals surface area contributed by atoms with Crippen LogP contribution in [0, 0.1) is 0 Å². The van der Waals surface area contributed by atoms with Crippen LogP contribution in [0.3, 0.4) is 0 Å². The van der Waals surface area contributed by atoms with Crippen LogP contribution in [-0.2, 0) is 6.61 Å². The number of benzene rings is 5. The van der Waals surface area contributed by atoms with Gasteiger partial charge in [0.2, 0.25) is 5.82 Å². The predicted octanol–water partition coefficient (Wildman–Crippen LogP) is 8.84. The van der Waals surface area contributed by atoms with Crippen molar-refractivity contribution >= 4 is 66.4 Å². The van der Waals surface area contributed by atoms with Crippen LogP contribution in [0.1, 0.15) is 11.1 Å². The van der Waals surface area contributed by atoms with Crippen LogP contribution in [0.5, 0.6) is 5.75 Å². The van der Waals surface area contributed by atoms with Crippen molar-refractivity contribution in [3.63, 3.8) is 0 Å². The average Bonchev–Trinajstić information content (AvgIpc) is 3.43. The number of hydrogen-bond donors (Lipinski definition) is 0. The van der Waals surface area contributed by atoms with Crippen LogP contribution >= 0.6 is 27.5 Å². The highest BCUT2D eigenvalue weighted by Crippen LogP contribution is 2.30. The Morgan fingerprint density at radius 1 is 0.881 bits per heavy atom. The molecule has 0 atom stereocenters. The number of fused-ring (bicyclic) bond motifs is 3. The zero-order chi connectivity index (χ0) is 28.6. The Morgan fingerprint density at radius 3 is 2.60 bits per heavy atom. The second kappa shape index (κ2) is 10.9. The number of aromatic nitrogens is 2. The Morgan fingerprint density at radius 2 is 1.69 bits per heavy atom. The van der Waals surface area contributed by atoms with Gasteiger partial charge in [0.1, 0.15) is 17.9 Å². The van der Waals surface area contributed by atoms with Gasteiger partial charge in [0.15, 0.2) is 5.76 Å². The van der Waals surface area contributed by atoms with Crippen molar-refractivity contribution in [1.82, 2.24) is 9.66 Å². The van der Waals surface area contributed by atoms with Crippen LogP contribution < -0.4 is 10.3 Å². The van der Waals surface area contributed by atoms with Crippen molar-refractivity contribution in [3.05, 3.63) is 140 Å². The molecule has 5 aromatic carbocycles. The first kappa shape index (κ1) is 26.2. The molecule has 204 valence electrons. The molecule has 0 N–H and O–H groups in total. The summed E-state index contributed by atoms with van der Waals surface area (Å²) < 4.78 is 14.5. The highest BCUT2D eigenvalue weighted by Gasteiger charge is 2.17. The van der Waals surface area contributed by atoms with Gasteiger partial charge in [-0.05, 0) is 70.9 Å². The number of hydrogen-bond acceptors (Lipinski definition) is 5. The summed E-state index contributed by atoms with van der Waals surface area (Å²) in [6, 6.07) is 34.4. The predicted molar refractivity (Wildman–Crippen MR) is 172 cm³/mol. The van der Waals surface area contributed by atoms with Gasteiger partial charge in [-0.1, -0.05) is 82.1 Å². The quantitative estimate of drug-likeness (QED) is 0.171. The molecule has 0 unspecified atom stereocenters. The van der Waals surface area contributed by atoms with Gasteiger partial charge < -0.3 is 9.15 Å². The van der Waals surface area contributed by atoms with E-state index in [2.05, 4.69) is 45.3 Å². The molecule has 0 aliphatic heterocycles. The Hall–Kier alpha value is -4.72. The van der Waals surface area contributed by atoms with E-state index in [9.17, 15) is 4.79 Å². The summed E-state index contributed by atoms with van der Waals surface area (Å²) in [6.45, 7) is 0.369. The maximum atomic E-state index is 13.7. The van der Waals surface area contributed by atoms with Crippen molar-refractivity contribution in [2.75, 3.05) is 0 Å². The van der Waals surface area contributed by atoms with Crippen molar-refractivity contribution < 1.29 is 9.15 Å². The molecule has 0 fully saturated rings. The van der Waals surface area contributed by atoms with Crippen LogP contribution in [-0.4, -0.2) is 15.9 Å². The Bertz CT molecular complexity index is 2220. The normalized spacial score (nSPS) is 11.7. The molecule has 0 aliphatic carbocycles. The van der Waals surface area contributed by atoms with Crippen molar-refractivity contribution in [2.45, 2.75) is 6.61 Å². The van der Waals surface area contributed by atoms with Gasteiger partial charge in [0.05, 0.1) is 17.1 Å². The monoisotopic (exact) mass is 633 g/mol. The molecule has 2 aromatic heterocycles. The lowest BCUT2D eigenvalue weighted by atomic mass is 10.1. The highest BCUT2D eigenvalue weighted by molar-refractivity contribution is 9.10. The third-order valence-corrected chi connectivity index (χ3v) is 7.73. The van der Waals surface area contributed by atoms with Crippen LogP contribution in [0.25, 0.3) is 44.2 Å². The summed E-state index contributed by atoms with van der Waals surface area (Å²) in [6.07, 6.45) is 1.60. The van der Waals surface area contributed by atoms with Gasteiger partial charge in [0.25, 0.3) is 5.56 Å². The van der Waals surface area contributed by atoms with E-state index in [1.807, 2.05) is 48.5 Å². The fraction of sp³-hybridized carbons (Fsp3) is 0.0294. The minimum absolute atomic E-state index is 0.274. The van der Waals surface area contributed by atoms with E-state index in [1.165, 1.54) is 4.68 Å². The van der Waals surface area contributed by atoms with Gasteiger partial charge in [-0.3, -0.25) is 4.79 Å². The first-order valence-corrected chi connectivity index (χ1v) is 14.4. The molecule has 0 saturated carbocycles. The minimum Gasteiger partial charge on any atom is -0.488 e. The fourth-order valence-corrected chi connectivity index (χ4v) is 5.52. The van der Waals surface area contributed by atoms with Crippen molar-refractivity contribution in [3.8, 4) is 17.3 Å². The molecule has 6 nitrogen and oxygen atoms in total. The van der Waals surface area contributed by atoms with Gasteiger partial charge in [-0.25, -0.2) is 4.98 Å². The van der Waals surface area contributed by atoms with Gasteiger partial charge in [-0.15, -0.1) is 0 Å². The number of rotatable bonds is 6. The first-order valence-electron chi connectivity index (χ1n) is 13.2. The van der Waals surface area contributed by atoms with Gasteiger partial charge in [0, 0.05) is 20.4 Å². The van der Waals surface area contributed by atoms with E-state index in [1.54, 1.807) is 42.6 Å². The molecule has 7 aromatic rings. The summed E-state index contributed by atoms with van der Waals surface area (Å²) in [5, 5.41) is 8.74. The second-order valence-electron chi connectivity index (χ2n) is 9.72. The van der Waals surface area contributed by atoms with Crippen LogP contribution in [0.4, 0.5) is 0 Å². The van der Waals surface area contributed by atoms with Crippen LogP contribution in [0.2, 0.25) is 5.02 Å².